The van der Waals surface area contributed by atoms with E-state index in [0.717, 1.165) is 43.8 Å². The van der Waals surface area contributed by atoms with Gasteiger partial charge in [-0.3, -0.25) is 4.98 Å². The van der Waals surface area contributed by atoms with E-state index >= 15 is 0 Å². The molecule has 4 aromatic carbocycles. The Morgan fingerprint density at radius 2 is 0.967 bits per heavy atom. The van der Waals surface area contributed by atoms with Crippen LogP contribution in [0.1, 0.15) is 0 Å². The van der Waals surface area contributed by atoms with Gasteiger partial charge in [-0.1, -0.05) is 84.9 Å². The third-order valence-corrected chi connectivity index (χ3v) is 5.72. The van der Waals surface area contributed by atoms with Gasteiger partial charge in [0.05, 0.1) is 16.7 Å². The van der Waals surface area contributed by atoms with Gasteiger partial charge < -0.3 is 0 Å². The Kier molecular flexibility index (Phi) is 3.82. The van der Waals surface area contributed by atoms with Gasteiger partial charge in [0.1, 0.15) is 0 Å². The van der Waals surface area contributed by atoms with Crippen LogP contribution in [0.25, 0.3) is 55.0 Å². The van der Waals surface area contributed by atoms with Crippen LogP contribution in [0.15, 0.2) is 109 Å². The molecule has 2 aromatic heterocycles. The molecule has 6 rings (SSSR count). The van der Waals surface area contributed by atoms with Crippen LogP contribution in [0, 0.1) is 0 Å². The van der Waals surface area contributed by atoms with E-state index < -0.39 is 0 Å². The summed E-state index contributed by atoms with van der Waals surface area (Å²) in [5, 5.41) is 4.57. The van der Waals surface area contributed by atoms with E-state index in [1.807, 2.05) is 18.3 Å². The largest absolute Gasteiger partial charge is 0.256 e. The highest BCUT2D eigenvalue weighted by atomic mass is 14.7. The lowest BCUT2D eigenvalue weighted by Crippen LogP contribution is -1.90. The van der Waals surface area contributed by atoms with Crippen LogP contribution in [0.5, 0.6) is 0 Å². The number of fused-ring (bicyclic) bond motifs is 6. The summed E-state index contributed by atoms with van der Waals surface area (Å²) >= 11 is 0. The molecule has 0 amide bonds. The molecule has 0 fully saturated rings. The molecule has 0 aliphatic heterocycles. The molecule has 0 aliphatic carbocycles. The van der Waals surface area contributed by atoms with Crippen LogP contribution < -0.4 is 0 Å². The van der Waals surface area contributed by atoms with Gasteiger partial charge in [0.15, 0.2) is 0 Å². The zero-order valence-corrected chi connectivity index (χ0v) is 16.3. The third-order valence-electron chi connectivity index (χ3n) is 5.72. The zero-order valence-electron chi connectivity index (χ0n) is 16.3. The summed E-state index contributed by atoms with van der Waals surface area (Å²) in [6.07, 6.45) is 1.86. The first-order valence-corrected chi connectivity index (χ1v) is 10.1. The lowest BCUT2D eigenvalue weighted by atomic mass is 9.99. The fraction of sp³-hybridized carbons (Fsp3) is 0. The van der Waals surface area contributed by atoms with E-state index in [4.69, 9.17) is 4.98 Å². The van der Waals surface area contributed by atoms with Gasteiger partial charge in [-0.15, -0.1) is 0 Å². The van der Waals surface area contributed by atoms with Crippen LogP contribution in [0.4, 0.5) is 0 Å². The average molecular weight is 382 g/mol. The molecular formula is C28H18N2. The van der Waals surface area contributed by atoms with Crippen LogP contribution in [0.3, 0.4) is 0 Å². The minimum absolute atomic E-state index is 0.982. The molecular weight excluding hydrogens is 364 g/mol. The summed E-state index contributed by atoms with van der Waals surface area (Å²) in [4.78, 5) is 9.75. The van der Waals surface area contributed by atoms with Crippen LogP contribution in [-0.4, -0.2) is 9.97 Å². The lowest BCUT2D eigenvalue weighted by molar-refractivity contribution is 1.40. The minimum atomic E-state index is 0.982. The fourth-order valence-corrected chi connectivity index (χ4v) is 4.24. The Morgan fingerprint density at radius 1 is 0.400 bits per heavy atom. The van der Waals surface area contributed by atoms with E-state index in [1.54, 1.807) is 0 Å². The lowest BCUT2D eigenvalue weighted by Gasteiger charge is -2.11. The van der Waals surface area contributed by atoms with Crippen molar-refractivity contribution in [3.8, 4) is 22.4 Å². The van der Waals surface area contributed by atoms with E-state index in [0.29, 0.717) is 0 Å². The Bertz CT molecular complexity index is 1480. The molecule has 0 N–H and O–H groups in total. The van der Waals surface area contributed by atoms with Crippen LogP contribution >= 0.6 is 0 Å². The molecule has 0 bridgehead atoms. The Balaban J connectivity index is 1.55. The Hall–Kier alpha value is -4.04. The first kappa shape index (κ1) is 16.9. The summed E-state index contributed by atoms with van der Waals surface area (Å²) in [7, 11) is 0. The zero-order chi connectivity index (χ0) is 19.9. The first-order valence-electron chi connectivity index (χ1n) is 10.1. The van der Waals surface area contributed by atoms with Gasteiger partial charge in [0.2, 0.25) is 0 Å². The second-order valence-electron chi connectivity index (χ2n) is 7.48. The predicted octanol–water partition coefficient (Wildman–Crippen LogP) is 7.27. The molecule has 140 valence electrons. The van der Waals surface area contributed by atoms with Crippen LogP contribution in [-0.2, 0) is 0 Å². The van der Waals surface area contributed by atoms with Crippen molar-refractivity contribution in [2.75, 3.05) is 0 Å². The molecule has 2 nitrogen and oxygen atoms in total. The fourth-order valence-electron chi connectivity index (χ4n) is 4.24. The quantitative estimate of drug-likeness (QED) is 0.294. The van der Waals surface area contributed by atoms with Crippen molar-refractivity contribution in [2.24, 2.45) is 0 Å². The van der Waals surface area contributed by atoms with E-state index in [2.05, 4.69) is 96.0 Å². The number of aromatic nitrogens is 2. The summed E-state index contributed by atoms with van der Waals surface area (Å²) in [6, 6.07) is 35.9. The highest BCUT2D eigenvalue weighted by Gasteiger charge is 2.11. The van der Waals surface area contributed by atoms with Crippen molar-refractivity contribution in [1.82, 2.24) is 9.97 Å². The molecule has 2 heteroatoms. The summed E-state index contributed by atoms with van der Waals surface area (Å²) < 4.78 is 0. The second kappa shape index (κ2) is 6.78. The van der Waals surface area contributed by atoms with Crippen molar-refractivity contribution in [2.45, 2.75) is 0 Å². The Labute approximate surface area is 174 Å². The van der Waals surface area contributed by atoms with Gasteiger partial charge in [-0.05, 0) is 29.3 Å². The van der Waals surface area contributed by atoms with Crippen molar-refractivity contribution in [3.63, 3.8) is 0 Å². The molecule has 0 atom stereocenters. The van der Waals surface area contributed by atoms with Gasteiger partial charge in [-0.2, -0.15) is 0 Å². The molecule has 0 radical (unpaired) electrons. The maximum atomic E-state index is 5.10. The molecule has 2 heterocycles. The molecule has 0 aliphatic rings. The standard InChI is InChI=1S/C28H18N2/c1-2-7-19(8-3-1)20-12-14-21(15-13-20)26-17-16-25-23-11-6-18-29-27(23)22-9-4-5-10-24(22)28(25)30-26/h1-18H. The highest BCUT2D eigenvalue weighted by Crippen LogP contribution is 2.34. The maximum Gasteiger partial charge on any atom is 0.0795 e. The maximum absolute atomic E-state index is 5.10. The van der Waals surface area contributed by atoms with Gasteiger partial charge >= 0.3 is 0 Å². The third kappa shape index (κ3) is 2.66. The SMILES string of the molecule is c1ccc(-c2ccc(-c3ccc4c5cccnc5c5ccccc5c4n3)cc2)cc1. The first-order chi connectivity index (χ1) is 14.9. The molecule has 0 saturated carbocycles. The monoisotopic (exact) mass is 382 g/mol. The van der Waals surface area contributed by atoms with E-state index in [-0.39, 0.29) is 0 Å². The van der Waals surface area contributed by atoms with Crippen molar-refractivity contribution in [1.29, 1.82) is 0 Å². The summed E-state index contributed by atoms with van der Waals surface area (Å²) in [5.41, 5.74) is 6.59. The number of hydrogen-bond donors (Lipinski definition) is 0. The number of benzene rings is 4. The predicted molar refractivity (Wildman–Crippen MR) is 125 cm³/mol. The van der Waals surface area contributed by atoms with Gasteiger partial charge in [0.25, 0.3) is 0 Å². The van der Waals surface area contributed by atoms with Gasteiger partial charge in [0, 0.05) is 33.3 Å². The van der Waals surface area contributed by atoms with Crippen LogP contribution in [0.2, 0.25) is 0 Å². The second-order valence-corrected chi connectivity index (χ2v) is 7.48. The van der Waals surface area contributed by atoms with Crippen molar-refractivity contribution in [3.05, 3.63) is 109 Å². The topological polar surface area (TPSA) is 25.8 Å². The van der Waals surface area contributed by atoms with Crippen molar-refractivity contribution < 1.29 is 0 Å². The summed E-state index contributed by atoms with van der Waals surface area (Å²) in [6.45, 7) is 0. The number of rotatable bonds is 2. The van der Waals surface area contributed by atoms with Crippen molar-refractivity contribution >= 4 is 32.6 Å². The number of hydrogen-bond acceptors (Lipinski definition) is 2. The Morgan fingerprint density at radius 3 is 1.73 bits per heavy atom. The molecule has 0 unspecified atom stereocenters. The van der Waals surface area contributed by atoms with E-state index in [9.17, 15) is 0 Å². The minimum Gasteiger partial charge on any atom is -0.256 e. The highest BCUT2D eigenvalue weighted by molar-refractivity contribution is 6.23. The smallest absolute Gasteiger partial charge is 0.0795 e. The molecule has 6 aromatic rings. The van der Waals surface area contributed by atoms with Gasteiger partial charge in [-0.25, -0.2) is 4.98 Å². The number of nitrogens with zero attached hydrogens (tertiary/aromatic N) is 2. The summed E-state index contributed by atoms with van der Waals surface area (Å²) in [5.74, 6) is 0. The molecule has 0 spiro atoms. The van der Waals surface area contributed by atoms with E-state index in [1.165, 1.54) is 11.1 Å². The average Bonchev–Trinajstić information content (AvgIpc) is 2.84. The normalized spacial score (nSPS) is 11.3. The molecule has 30 heavy (non-hydrogen) atoms. The number of pyridine rings is 2. The molecule has 0 saturated heterocycles.